The van der Waals surface area contributed by atoms with E-state index in [2.05, 4.69) is 35.3 Å². The van der Waals surface area contributed by atoms with E-state index in [1.165, 1.54) is 39.5 Å². The molecule has 1 aliphatic rings. The Morgan fingerprint density at radius 2 is 1.87 bits per heavy atom. The van der Waals surface area contributed by atoms with Gasteiger partial charge in [-0.2, -0.15) is 0 Å². The maximum Gasteiger partial charge on any atom is 0.260 e. The Bertz CT molecular complexity index is 1280. The van der Waals surface area contributed by atoms with Crippen molar-refractivity contribution >= 4 is 27.1 Å². The van der Waals surface area contributed by atoms with Gasteiger partial charge >= 0.3 is 0 Å². The smallest absolute Gasteiger partial charge is 0.260 e. The lowest BCUT2D eigenvalue weighted by atomic mass is 10.00. The van der Waals surface area contributed by atoms with Crippen LogP contribution in [0.15, 0.2) is 70.8 Å². The maximum atomic E-state index is 13.2. The molecule has 0 saturated carbocycles. The van der Waals surface area contributed by atoms with Crippen molar-refractivity contribution in [1.82, 2.24) is 9.97 Å². The number of H-pyrrole nitrogens is 1. The van der Waals surface area contributed by atoms with Crippen LogP contribution in [0.1, 0.15) is 17.8 Å². The Kier molecular flexibility index (Phi) is 5.02. The monoisotopic (exact) mass is 418 g/mol. The second-order valence-electron chi connectivity index (χ2n) is 7.58. The van der Waals surface area contributed by atoms with Crippen LogP contribution in [0.3, 0.4) is 0 Å². The molecule has 0 fully saturated rings. The highest BCUT2D eigenvalue weighted by Crippen LogP contribution is 2.30. The molecule has 3 heterocycles. The highest BCUT2D eigenvalue weighted by Gasteiger charge is 2.19. The number of halogens is 1. The van der Waals surface area contributed by atoms with Gasteiger partial charge in [-0.05, 0) is 34.9 Å². The van der Waals surface area contributed by atoms with Crippen molar-refractivity contribution in [2.45, 2.75) is 13.0 Å². The lowest BCUT2D eigenvalue weighted by molar-refractivity contribution is -0.909. The fourth-order valence-corrected chi connectivity index (χ4v) is 4.98. The van der Waals surface area contributed by atoms with E-state index >= 15 is 0 Å². The maximum absolute atomic E-state index is 13.2. The second-order valence-corrected chi connectivity index (χ2v) is 8.43. The summed E-state index contributed by atoms with van der Waals surface area (Å²) < 4.78 is 13.2. The second kappa shape index (κ2) is 7.97. The number of aromatic nitrogens is 2. The minimum absolute atomic E-state index is 0.132. The molecule has 1 aliphatic heterocycles. The first kappa shape index (κ1) is 18.9. The van der Waals surface area contributed by atoms with E-state index in [1.807, 2.05) is 11.4 Å². The largest absolute Gasteiger partial charge is 0.325 e. The van der Waals surface area contributed by atoms with Gasteiger partial charge in [-0.15, -0.1) is 11.3 Å². The van der Waals surface area contributed by atoms with Gasteiger partial charge in [0.1, 0.15) is 17.2 Å². The van der Waals surface area contributed by atoms with Crippen molar-refractivity contribution in [3.63, 3.8) is 0 Å². The van der Waals surface area contributed by atoms with Crippen LogP contribution in [-0.2, 0) is 6.54 Å². The van der Waals surface area contributed by atoms with Crippen molar-refractivity contribution < 1.29 is 9.29 Å². The summed E-state index contributed by atoms with van der Waals surface area (Å²) in [5.41, 5.74) is 4.17. The molecule has 2 aromatic heterocycles. The number of quaternary nitrogens is 1. The number of fused-ring (bicyclic) bond motifs is 1. The van der Waals surface area contributed by atoms with Gasteiger partial charge < -0.3 is 9.88 Å². The van der Waals surface area contributed by atoms with E-state index in [1.54, 1.807) is 12.1 Å². The highest BCUT2D eigenvalue weighted by atomic mass is 32.1. The molecule has 4 nitrogen and oxygen atoms in total. The van der Waals surface area contributed by atoms with Gasteiger partial charge in [0.05, 0.1) is 18.5 Å². The Morgan fingerprint density at radius 3 is 2.60 bits per heavy atom. The predicted octanol–water partition coefficient (Wildman–Crippen LogP) is 3.66. The number of thiophene rings is 1. The molecule has 2 aromatic carbocycles. The van der Waals surface area contributed by atoms with Crippen LogP contribution in [0.4, 0.5) is 4.39 Å². The summed E-state index contributed by atoms with van der Waals surface area (Å²) in [4.78, 5) is 22.6. The van der Waals surface area contributed by atoms with Crippen LogP contribution in [0.2, 0.25) is 0 Å². The molecule has 1 atom stereocenters. The van der Waals surface area contributed by atoms with E-state index in [-0.39, 0.29) is 11.4 Å². The van der Waals surface area contributed by atoms with Crippen molar-refractivity contribution in [2.75, 3.05) is 13.1 Å². The molecule has 6 heteroatoms. The van der Waals surface area contributed by atoms with Gasteiger partial charge in [0.25, 0.3) is 5.56 Å². The van der Waals surface area contributed by atoms with Crippen molar-refractivity contribution in [2.24, 2.45) is 0 Å². The summed E-state index contributed by atoms with van der Waals surface area (Å²) in [5, 5.41) is 2.50. The molecule has 1 unspecified atom stereocenters. The molecule has 0 aliphatic carbocycles. The Morgan fingerprint density at radius 1 is 1.07 bits per heavy atom. The Labute approximate surface area is 177 Å². The van der Waals surface area contributed by atoms with Gasteiger partial charge in [0.2, 0.25) is 0 Å². The zero-order valence-corrected chi connectivity index (χ0v) is 17.1. The molecule has 0 saturated heterocycles. The standard InChI is InChI=1S/C24H20FN3OS/c25-19-8-6-18(7-9-19)20-15-30-24-22(20)23(29)26-21(27-24)14-28-12-10-17(11-13-28)16-4-2-1-3-5-16/h1-10,15H,11-14H2,(H,26,27,29)/p+1. The molecular formula is C24H21FN3OS+. The number of rotatable bonds is 4. The number of nitrogens with one attached hydrogen (secondary N) is 2. The molecule has 150 valence electrons. The predicted molar refractivity (Wildman–Crippen MR) is 119 cm³/mol. The summed E-state index contributed by atoms with van der Waals surface area (Å²) in [6, 6.07) is 16.7. The molecule has 0 amide bonds. The number of hydrogen-bond donors (Lipinski definition) is 2. The van der Waals surface area contributed by atoms with Crippen LogP contribution in [0.5, 0.6) is 0 Å². The van der Waals surface area contributed by atoms with Gasteiger partial charge in [-0.25, -0.2) is 9.37 Å². The topological polar surface area (TPSA) is 50.2 Å². The van der Waals surface area contributed by atoms with Crippen molar-refractivity contribution in [3.8, 4) is 11.1 Å². The number of hydrogen-bond acceptors (Lipinski definition) is 3. The first-order valence-electron chi connectivity index (χ1n) is 10.0. The van der Waals surface area contributed by atoms with Gasteiger partial charge in [-0.3, -0.25) is 4.79 Å². The Balaban J connectivity index is 1.37. The van der Waals surface area contributed by atoms with Crippen LogP contribution >= 0.6 is 11.3 Å². The van der Waals surface area contributed by atoms with E-state index in [9.17, 15) is 9.18 Å². The third-order valence-corrected chi connectivity index (χ3v) is 6.47. The molecule has 2 N–H and O–H groups in total. The molecule has 0 bridgehead atoms. The lowest BCUT2D eigenvalue weighted by Crippen LogP contribution is -3.11. The third kappa shape index (κ3) is 3.72. The summed E-state index contributed by atoms with van der Waals surface area (Å²) >= 11 is 1.45. The van der Waals surface area contributed by atoms with Crippen LogP contribution < -0.4 is 10.5 Å². The fraction of sp³-hybridized carbons (Fsp3) is 0.167. The molecule has 5 rings (SSSR count). The fourth-order valence-electron chi connectivity index (χ4n) is 4.01. The summed E-state index contributed by atoms with van der Waals surface area (Å²) in [5.74, 6) is 0.424. The Hall–Kier alpha value is -3.09. The normalized spacial score (nSPS) is 16.6. The average molecular weight is 419 g/mol. The SMILES string of the molecule is O=c1[nH]c(C[NH+]2CC=C(c3ccccc3)CC2)nc2scc(-c3ccc(F)cc3)c12. The minimum Gasteiger partial charge on any atom is -0.325 e. The summed E-state index contributed by atoms with van der Waals surface area (Å²) in [6.45, 7) is 2.61. The molecule has 30 heavy (non-hydrogen) atoms. The first-order valence-corrected chi connectivity index (χ1v) is 10.9. The molecular weight excluding hydrogens is 397 g/mol. The van der Waals surface area contributed by atoms with Gasteiger partial charge in [0.15, 0.2) is 5.82 Å². The zero-order valence-electron chi connectivity index (χ0n) is 16.3. The van der Waals surface area contributed by atoms with Crippen LogP contribution in [0.25, 0.3) is 26.9 Å². The summed E-state index contributed by atoms with van der Waals surface area (Å²) in [6.07, 6.45) is 3.31. The molecule has 0 spiro atoms. The summed E-state index contributed by atoms with van der Waals surface area (Å²) in [7, 11) is 0. The molecule has 0 radical (unpaired) electrons. The molecule has 4 aromatic rings. The quantitative estimate of drug-likeness (QED) is 0.531. The minimum atomic E-state index is -0.290. The average Bonchev–Trinajstić information content (AvgIpc) is 3.20. The number of aromatic amines is 1. The van der Waals surface area contributed by atoms with Crippen LogP contribution in [-0.4, -0.2) is 23.1 Å². The van der Waals surface area contributed by atoms with E-state index in [0.29, 0.717) is 17.8 Å². The van der Waals surface area contributed by atoms with Gasteiger partial charge in [0, 0.05) is 17.4 Å². The zero-order chi connectivity index (χ0) is 20.5. The van der Waals surface area contributed by atoms with E-state index < -0.39 is 0 Å². The van der Waals surface area contributed by atoms with Crippen molar-refractivity contribution in [1.29, 1.82) is 0 Å². The highest BCUT2D eigenvalue weighted by molar-refractivity contribution is 7.17. The number of benzene rings is 2. The van der Waals surface area contributed by atoms with Crippen LogP contribution in [0, 0.1) is 5.82 Å². The van der Waals surface area contributed by atoms with Crippen molar-refractivity contribution in [3.05, 3.63) is 93.6 Å². The first-order chi connectivity index (χ1) is 14.7. The third-order valence-electron chi connectivity index (χ3n) is 5.60. The van der Waals surface area contributed by atoms with E-state index in [4.69, 9.17) is 4.98 Å². The number of nitrogens with zero attached hydrogens (tertiary/aromatic N) is 1. The lowest BCUT2D eigenvalue weighted by Gasteiger charge is -2.23. The van der Waals surface area contributed by atoms with Gasteiger partial charge in [-0.1, -0.05) is 42.5 Å². The van der Waals surface area contributed by atoms with E-state index in [0.717, 1.165) is 35.5 Å².